The van der Waals surface area contributed by atoms with E-state index < -0.39 is 5.92 Å². The number of methoxy groups -OCH3 is 1. The maximum absolute atomic E-state index is 13.5. The molecular formula is C15H22F2N2O. The van der Waals surface area contributed by atoms with Crippen LogP contribution in [-0.2, 0) is 5.92 Å². The average molecular weight is 284 g/mol. The van der Waals surface area contributed by atoms with Crippen LogP contribution < -0.4 is 10.5 Å². The van der Waals surface area contributed by atoms with Crippen molar-refractivity contribution in [2.75, 3.05) is 27.2 Å². The zero-order chi connectivity index (χ0) is 14.9. The third-order valence-electron chi connectivity index (χ3n) is 4.06. The highest BCUT2D eigenvalue weighted by molar-refractivity contribution is 5.41. The predicted octanol–water partition coefficient (Wildman–Crippen LogP) is 2.76. The lowest BCUT2D eigenvalue weighted by Crippen LogP contribution is -2.21. The van der Waals surface area contributed by atoms with Gasteiger partial charge < -0.3 is 10.5 Å². The smallest absolute Gasteiger partial charge is 0.270 e. The van der Waals surface area contributed by atoms with E-state index in [0.717, 1.165) is 25.5 Å². The number of rotatable bonds is 4. The molecule has 0 radical (unpaired) electrons. The summed E-state index contributed by atoms with van der Waals surface area (Å²) in [5.41, 5.74) is 6.58. The Hall–Kier alpha value is -1.20. The fourth-order valence-corrected chi connectivity index (χ4v) is 2.91. The summed E-state index contributed by atoms with van der Waals surface area (Å²) in [6, 6.07) is 4.71. The van der Waals surface area contributed by atoms with Crippen molar-refractivity contribution in [1.82, 2.24) is 4.90 Å². The zero-order valence-corrected chi connectivity index (χ0v) is 12.2. The van der Waals surface area contributed by atoms with Crippen LogP contribution in [0.25, 0.3) is 0 Å². The Balaban J connectivity index is 2.38. The Morgan fingerprint density at radius 2 is 2.15 bits per heavy atom. The van der Waals surface area contributed by atoms with Crippen LogP contribution in [0, 0.1) is 5.92 Å². The van der Waals surface area contributed by atoms with Crippen molar-refractivity contribution in [2.24, 2.45) is 11.7 Å². The van der Waals surface area contributed by atoms with E-state index in [-0.39, 0.29) is 11.6 Å². The predicted molar refractivity (Wildman–Crippen MR) is 75.1 cm³/mol. The summed E-state index contributed by atoms with van der Waals surface area (Å²) in [6.45, 7) is 2.42. The number of ether oxygens (including phenoxy) is 1. The van der Waals surface area contributed by atoms with Crippen molar-refractivity contribution < 1.29 is 13.5 Å². The quantitative estimate of drug-likeness (QED) is 0.924. The molecule has 0 amide bonds. The van der Waals surface area contributed by atoms with Gasteiger partial charge in [-0.2, -0.15) is 0 Å². The molecule has 1 heterocycles. The van der Waals surface area contributed by atoms with Crippen molar-refractivity contribution in [3.05, 3.63) is 29.3 Å². The Morgan fingerprint density at radius 3 is 2.65 bits per heavy atom. The molecular weight excluding hydrogens is 262 g/mol. The Labute approximate surface area is 118 Å². The molecule has 3 nitrogen and oxygen atoms in total. The molecule has 0 aromatic heterocycles. The van der Waals surface area contributed by atoms with Crippen LogP contribution in [0.4, 0.5) is 8.78 Å². The van der Waals surface area contributed by atoms with Crippen molar-refractivity contribution in [3.63, 3.8) is 0 Å². The van der Waals surface area contributed by atoms with E-state index in [1.807, 2.05) is 7.05 Å². The molecule has 1 aliphatic rings. The van der Waals surface area contributed by atoms with Gasteiger partial charge in [-0.25, -0.2) is 8.78 Å². The first kappa shape index (κ1) is 15.2. The van der Waals surface area contributed by atoms with Gasteiger partial charge in [-0.15, -0.1) is 0 Å². The number of hydrogen-bond acceptors (Lipinski definition) is 3. The van der Waals surface area contributed by atoms with E-state index >= 15 is 0 Å². The van der Waals surface area contributed by atoms with Gasteiger partial charge in [0.25, 0.3) is 5.92 Å². The first-order valence-electron chi connectivity index (χ1n) is 6.83. The van der Waals surface area contributed by atoms with Crippen molar-refractivity contribution in [3.8, 4) is 5.75 Å². The van der Waals surface area contributed by atoms with Gasteiger partial charge in [-0.3, -0.25) is 4.90 Å². The molecule has 2 N–H and O–H groups in total. The summed E-state index contributed by atoms with van der Waals surface area (Å²) < 4.78 is 32.4. The van der Waals surface area contributed by atoms with Gasteiger partial charge >= 0.3 is 0 Å². The van der Waals surface area contributed by atoms with Crippen molar-refractivity contribution in [1.29, 1.82) is 0 Å². The number of nitrogens with two attached hydrogens (primary N) is 1. The molecule has 1 aromatic rings. The molecule has 0 bridgehead atoms. The summed E-state index contributed by atoms with van der Waals surface area (Å²) in [5.74, 6) is -1.78. The van der Waals surface area contributed by atoms with Crippen LogP contribution in [0.15, 0.2) is 18.2 Å². The standard InChI is InChI=1S/C15H22F2N2O/c1-15(16,17)11-4-5-14(20-3)12(7-11)13-6-10(8-18)9-19(13)2/h4-5,7,10,13H,6,8-9,18H2,1-3H3. The zero-order valence-electron chi connectivity index (χ0n) is 12.2. The minimum Gasteiger partial charge on any atom is -0.496 e. The molecule has 2 unspecified atom stereocenters. The number of hydrogen-bond donors (Lipinski definition) is 1. The second-order valence-electron chi connectivity index (χ2n) is 5.64. The van der Waals surface area contributed by atoms with E-state index in [4.69, 9.17) is 10.5 Å². The molecule has 0 saturated carbocycles. The summed E-state index contributed by atoms with van der Waals surface area (Å²) in [4.78, 5) is 2.16. The van der Waals surface area contributed by atoms with Crippen LogP contribution in [0.2, 0.25) is 0 Å². The van der Waals surface area contributed by atoms with Gasteiger partial charge in [0.1, 0.15) is 5.75 Å². The normalized spacial score (nSPS) is 24.1. The molecule has 2 atom stereocenters. The summed E-state index contributed by atoms with van der Waals surface area (Å²) in [5, 5.41) is 0. The minimum absolute atomic E-state index is 0.0258. The molecule has 1 saturated heterocycles. The molecule has 5 heteroatoms. The highest BCUT2D eigenvalue weighted by atomic mass is 19.3. The minimum atomic E-state index is -2.84. The summed E-state index contributed by atoms with van der Waals surface area (Å²) >= 11 is 0. The number of benzene rings is 1. The fourth-order valence-electron chi connectivity index (χ4n) is 2.91. The van der Waals surface area contributed by atoms with E-state index in [1.54, 1.807) is 19.2 Å². The van der Waals surface area contributed by atoms with Crippen molar-refractivity contribution in [2.45, 2.75) is 25.3 Å². The molecule has 112 valence electrons. The highest BCUT2D eigenvalue weighted by Crippen LogP contribution is 2.40. The average Bonchev–Trinajstić information content (AvgIpc) is 2.78. The first-order chi connectivity index (χ1) is 9.36. The SMILES string of the molecule is COc1ccc(C(C)(F)F)cc1C1CC(CN)CN1C. The largest absolute Gasteiger partial charge is 0.496 e. The molecule has 0 aliphatic carbocycles. The first-order valence-corrected chi connectivity index (χ1v) is 6.83. The Morgan fingerprint density at radius 1 is 1.45 bits per heavy atom. The second kappa shape index (κ2) is 5.66. The third kappa shape index (κ3) is 2.94. The molecule has 1 aromatic carbocycles. The van der Waals surface area contributed by atoms with E-state index in [9.17, 15) is 8.78 Å². The van der Waals surface area contributed by atoms with Crippen LogP contribution in [0.5, 0.6) is 5.75 Å². The second-order valence-corrected chi connectivity index (χ2v) is 5.64. The van der Waals surface area contributed by atoms with Gasteiger partial charge in [-0.1, -0.05) is 0 Å². The van der Waals surface area contributed by atoms with Gasteiger partial charge in [0.15, 0.2) is 0 Å². The molecule has 0 spiro atoms. The summed E-state index contributed by atoms with van der Waals surface area (Å²) in [6.07, 6.45) is 0.877. The van der Waals surface area contributed by atoms with E-state index in [0.29, 0.717) is 18.2 Å². The van der Waals surface area contributed by atoms with Crippen LogP contribution in [0.1, 0.15) is 30.5 Å². The topological polar surface area (TPSA) is 38.5 Å². The lowest BCUT2D eigenvalue weighted by atomic mass is 9.96. The molecule has 1 aliphatic heterocycles. The van der Waals surface area contributed by atoms with Gasteiger partial charge in [0.2, 0.25) is 0 Å². The van der Waals surface area contributed by atoms with Crippen molar-refractivity contribution >= 4 is 0 Å². The molecule has 2 rings (SSSR count). The maximum Gasteiger partial charge on any atom is 0.270 e. The van der Waals surface area contributed by atoms with Gasteiger partial charge in [0.05, 0.1) is 7.11 Å². The highest BCUT2D eigenvalue weighted by Gasteiger charge is 2.33. The third-order valence-corrected chi connectivity index (χ3v) is 4.06. The van der Waals surface area contributed by atoms with Gasteiger partial charge in [0, 0.05) is 30.6 Å². The number of likely N-dealkylation sites (tertiary alicyclic amines) is 1. The van der Waals surface area contributed by atoms with Crippen LogP contribution in [0.3, 0.4) is 0 Å². The fraction of sp³-hybridized carbons (Fsp3) is 0.600. The van der Waals surface area contributed by atoms with Gasteiger partial charge in [-0.05, 0) is 44.1 Å². The maximum atomic E-state index is 13.5. The lowest BCUT2D eigenvalue weighted by Gasteiger charge is -2.23. The monoisotopic (exact) mass is 284 g/mol. The lowest BCUT2D eigenvalue weighted by molar-refractivity contribution is 0.0172. The Bertz CT molecular complexity index is 473. The number of halogens is 2. The van der Waals surface area contributed by atoms with E-state index in [2.05, 4.69) is 4.90 Å². The van der Waals surface area contributed by atoms with Crippen LogP contribution in [-0.4, -0.2) is 32.1 Å². The summed E-state index contributed by atoms with van der Waals surface area (Å²) in [7, 11) is 3.56. The number of alkyl halides is 2. The molecule has 1 fully saturated rings. The molecule has 20 heavy (non-hydrogen) atoms. The Kier molecular flexibility index (Phi) is 4.30. The van der Waals surface area contributed by atoms with E-state index in [1.165, 1.54) is 6.07 Å². The van der Waals surface area contributed by atoms with Crippen LogP contribution >= 0.6 is 0 Å². The number of nitrogens with zero attached hydrogens (tertiary/aromatic N) is 1.